The van der Waals surface area contributed by atoms with E-state index in [1.165, 1.54) is 0 Å². The molecular weight excluding hydrogens is 214 g/mol. The number of H-pyrrole nitrogens is 1. The lowest BCUT2D eigenvalue weighted by Crippen LogP contribution is -2.04. The van der Waals surface area contributed by atoms with Crippen molar-refractivity contribution >= 4 is 22.1 Å². The van der Waals surface area contributed by atoms with Gasteiger partial charge in [0, 0.05) is 17.2 Å². The van der Waals surface area contributed by atoms with E-state index in [4.69, 9.17) is 0 Å². The van der Waals surface area contributed by atoms with Gasteiger partial charge in [-0.15, -0.1) is 0 Å². The van der Waals surface area contributed by atoms with Gasteiger partial charge in [-0.2, -0.15) is 5.10 Å². The highest BCUT2D eigenvalue weighted by Gasteiger charge is 2.17. The van der Waals surface area contributed by atoms with Crippen LogP contribution in [0, 0.1) is 13.8 Å². The fourth-order valence-corrected chi connectivity index (χ4v) is 2.35. The minimum absolute atomic E-state index is 0.346. The van der Waals surface area contributed by atoms with Crippen LogP contribution in [0.4, 0.5) is 0 Å². The molecule has 0 bridgehead atoms. The zero-order chi connectivity index (χ0) is 12.2. The maximum Gasteiger partial charge on any atom is 0.116 e. The van der Waals surface area contributed by atoms with Gasteiger partial charge in [0.25, 0.3) is 0 Å². The van der Waals surface area contributed by atoms with Gasteiger partial charge < -0.3 is 0 Å². The van der Waals surface area contributed by atoms with E-state index < -0.39 is 0 Å². The zero-order valence-corrected chi connectivity index (χ0v) is 10.4. The number of fused-ring (bicyclic) bond motifs is 2. The molecule has 0 unspecified atom stereocenters. The quantitative estimate of drug-likeness (QED) is 0.697. The summed E-state index contributed by atoms with van der Waals surface area (Å²) in [6.07, 6.45) is 1.62. The van der Waals surface area contributed by atoms with Crippen molar-refractivity contribution in [3.63, 3.8) is 0 Å². The van der Waals surface area contributed by atoms with Gasteiger partial charge in [0.1, 0.15) is 11.8 Å². The molecule has 17 heavy (non-hydrogen) atoms. The highest BCUT2D eigenvalue weighted by Crippen LogP contribution is 2.29. The lowest BCUT2D eigenvalue weighted by molar-refractivity contribution is 0.529. The maximum absolute atomic E-state index is 4.40. The minimum Gasteiger partial charge on any atom is -0.267 e. The number of hydrogen-bond acceptors (Lipinski definition) is 3. The van der Waals surface area contributed by atoms with Gasteiger partial charge in [0.2, 0.25) is 0 Å². The summed E-state index contributed by atoms with van der Waals surface area (Å²) in [5.41, 5.74) is 6.28. The molecule has 0 spiro atoms. The van der Waals surface area contributed by atoms with Gasteiger partial charge in [-0.3, -0.25) is 4.68 Å². The summed E-state index contributed by atoms with van der Waals surface area (Å²) in [5, 5.41) is 7.47. The molecule has 1 aromatic carbocycles. The number of nitrogens with zero attached hydrogens (tertiary/aromatic N) is 4. The molecule has 0 saturated heterocycles. The number of aromatic nitrogens is 5. The molecule has 0 aliphatic heterocycles. The third-order valence-electron chi connectivity index (χ3n) is 3.27. The lowest BCUT2D eigenvalue weighted by Gasteiger charge is -2.10. The third-order valence-corrected chi connectivity index (χ3v) is 3.27. The van der Waals surface area contributed by atoms with Crippen molar-refractivity contribution in [2.24, 2.45) is 0 Å². The summed E-state index contributed by atoms with van der Waals surface area (Å²) in [5.74, 6) is 0. The molecule has 1 N–H and O–H groups in total. The second kappa shape index (κ2) is 3.29. The topological polar surface area (TPSA) is 59.4 Å². The van der Waals surface area contributed by atoms with Gasteiger partial charge in [-0.1, -0.05) is 0 Å². The average Bonchev–Trinajstić information content (AvgIpc) is 2.92. The molecule has 88 valence electrons. The van der Waals surface area contributed by atoms with Crippen molar-refractivity contribution in [2.45, 2.75) is 33.7 Å². The highest BCUT2D eigenvalue weighted by molar-refractivity contribution is 5.98. The third kappa shape index (κ3) is 1.22. The summed E-state index contributed by atoms with van der Waals surface area (Å²) in [7, 11) is 0. The normalized spacial score (nSPS) is 12.1. The van der Waals surface area contributed by atoms with E-state index in [1.807, 2.05) is 6.92 Å². The first-order chi connectivity index (χ1) is 8.11. The fourth-order valence-electron chi connectivity index (χ4n) is 2.35. The van der Waals surface area contributed by atoms with Crippen LogP contribution in [0.1, 0.15) is 31.0 Å². The maximum atomic E-state index is 4.40. The van der Waals surface area contributed by atoms with Gasteiger partial charge in [-0.05, 0) is 27.7 Å². The monoisotopic (exact) mass is 229 g/mol. The van der Waals surface area contributed by atoms with E-state index in [-0.39, 0.29) is 0 Å². The number of hydrogen-bond donors (Lipinski definition) is 1. The van der Waals surface area contributed by atoms with E-state index in [0.717, 1.165) is 33.2 Å². The van der Waals surface area contributed by atoms with Crippen LogP contribution in [-0.2, 0) is 0 Å². The first-order valence-corrected chi connectivity index (χ1v) is 5.77. The Balaban J connectivity index is 2.57. The van der Waals surface area contributed by atoms with Crippen LogP contribution in [0.3, 0.4) is 0 Å². The molecule has 0 saturated carbocycles. The Hall–Kier alpha value is -1.91. The van der Waals surface area contributed by atoms with E-state index in [0.29, 0.717) is 6.04 Å². The fraction of sp³-hybridized carbons (Fsp3) is 0.417. The molecule has 0 aliphatic rings. The Bertz CT molecular complexity index is 704. The molecule has 2 heterocycles. The molecule has 0 aliphatic carbocycles. The number of imidazole rings is 1. The number of benzene rings is 1. The van der Waals surface area contributed by atoms with Gasteiger partial charge in [-0.25, -0.2) is 15.2 Å². The molecule has 0 fully saturated rings. The predicted octanol–water partition coefficient (Wildman–Crippen LogP) is 2.51. The van der Waals surface area contributed by atoms with Crippen LogP contribution < -0.4 is 0 Å². The Kier molecular flexibility index (Phi) is 1.98. The van der Waals surface area contributed by atoms with Crippen LogP contribution in [0.15, 0.2) is 6.33 Å². The summed E-state index contributed by atoms with van der Waals surface area (Å²) in [6, 6.07) is 0.346. The molecular formula is C12H15N5. The van der Waals surface area contributed by atoms with Crippen molar-refractivity contribution in [3.8, 4) is 0 Å². The standard InChI is InChI=1S/C12H15N5/c1-6(2)17-12-8(4)10-9(13-5-14-10)7(3)11(12)15-16-17/h5-6,16H,1-4H3. The highest BCUT2D eigenvalue weighted by atomic mass is 15.4. The van der Waals surface area contributed by atoms with Crippen molar-refractivity contribution in [3.05, 3.63) is 17.5 Å². The number of nitrogens with one attached hydrogen (secondary N) is 1. The first-order valence-electron chi connectivity index (χ1n) is 5.77. The molecule has 5 nitrogen and oxygen atoms in total. The van der Waals surface area contributed by atoms with Crippen molar-refractivity contribution in [2.75, 3.05) is 0 Å². The second-order valence-electron chi connectivity index (χ2n) is 4.69. The zero-order valence-electron chi connectivity index (χ0n) is 10.4. The number of rotatable bonds is 1. The summed E-state index contributed by atoms with van der Waals surface area (Å²) in [6.45, 7) is 8.39. The van der Waals surface area contributed by atoms with Gasteiger partial charge in [0.15, 0.2) is 0 Å². The Morgan fingerprint density at radius 1 is 1.06 bits per heavy atom. The van der Waals surface area contributed by atoms with Crippen molar-refractivity contribution < 1.29 is 0 Å². The van der Waals surface area contributed by atoms with Crippen LogP contribution in [0.2, 0.25) is 0 Å². The minimum atomic E-state index is 0.346. The molecule has 0 radical (unpaired) electrons. The SMILES string of the molecule is Cc1c2ncnc2c(C)c2c1n[nH]n2C(C)C. The lowest BCUT2D eigenvalue weighted by atomic mass is 10.1. The van der Waals surface area contributed by atoms with Crippen LogP contribution in [0.5, 0.6) is 0 Å². The largest absolute Gasteiger partial charge is 0.267 e. The predicted molar refractivity (Wildman–Crippen MR) is 67.0 cm³/mol. The molecule has 3 aromatic rings. The second-order valence-corrected chi connectivity index (χ2v) is 4.69. The van der Waals surface area contributed by atoms with Crippen LogP contribution in [0.25, 0.3) is 22.1 Å². The van der Waals surface area contributed by atoms with E-state index >= 15 is 0 Å². The van der Waals surface area contributed by atoms with Crippen LogP contribution >= 0.6 is 0 Å². The smallest absolute Gasteiger partial charge is 0.116 e. The Morgan fingerprint density at radius 3 is 2.35 bits per heavy atom. The molecule has 0 amide bonds. The Morgan fingerprint density at radius 2 is 1.71 bits per heavy atom. The van der Waals surface area contributed by atoms with E-state index in [2.05, 4.69) is 45.7 Å². The van der Waals surface area contributed by atoms with E-state index in [1.54, 1.807) is 6.33 Å². The van der Waals surface area contributed by atoms with Crippen molar-refractivity contribution in [1.82, 2.24) is 25.0 Å². The van der Waals surface area contributed by atoms with Crippen LogP contribution in [-0.4, -0.2) is 25.0 Å². The van der Waals surface area contributed by atoms with E-state index in [9.17, 15) is 0 Å². The van der Waals surface area contributed by atoms with Gasteiger partial charge in [0.05, 0.1) is 16.6 Å². The summed E-state index contributed by atoms with van der Waals surface area (Å²) >= 11 is 0. The summed E-state index contributed by atoms with van der Waals surface area (Å²) < 4.78 is 2.08. The van der Waals surface area contributed by atoms with Crippen molar-refractivity contribution in [1.29, 1.82) is 0 Å². The Labute approximate surface area is 98.8 Å². The first kappa shape index (κ1) is 10.3. The average molecular weight is 229 g/mol. The molecule has 2 aromatic heterocycles. The molecule has 5 heteroatoms. The number of aromatic amines is 1. The molecule has 0 atom stereocenters. The van der Waals surface area contributed by atoms with Gasteiger partial charge >= 0.3 is 0 Å². The summed E-state index contributed by atoms with van der Waals surface area (Å²) in [4.78, 5) is 8.65. The molecule has 3 rings (SSSR count). The number of aryl methyl sites for hydroxylation is 2.